The van der Waals surface area contributed by atoms with Crippen LogP contribution in [-0.4, -0.2) is 38.6 Å². The van der Waals surface area contributed by atoms with E-state index in [0.29, 0.717) is 22.2 Å². The van der Waals surface area contributed by atoms with Crippen LogP contribution in [-0.2, 0) is 16.0 Å². The lowest BCUT2D eigenvalue weighted by Gasteiger charge is -2.12. The third-order valence-electron chi connectivity index (χ3n) is 4.91. The van der Waals surface area contributed by atoms with Gasteiger partial charge in [-0.1, -0.05) is 11.6 Å². The van der Waals surface area contributed by atoms with E-state index >= 15 is 0 Å². The molecule has 1 heterocycles. The van der Waals surface area contributed by atoms with Crippen LogP contribution in [0.15, 0.2) is 36.4 Å². The Hall–Kier alpha value is -3.39. The summed E-state index contributed by atoms with van der Waals surface area (Å²) in [5, 5.41) is 21.8. The monoisotopic (exact) mass is 446 g/mol. The molecule has 9 heteroatoms. The van der Waals surface area contributed by atoms with E-state index in [4.69, 9.17) is 16.7 Å². The Morgan fingerprint density at radius 1 is 1.19 bits per heavy atom. The van der Waals surface area contributed by atoms with Crippen molar-refractivity contribution in [2.24, 2.45) is 0 Å². The number of nitrogens with one attached hydrogen (secondary N) is 1. The van der Waals surface area contributed by atoms with E-state index in [1.165, 1.54) is 34.9 Å². The number of carboxylic acids is 1. The maximum Gasteiger partial charge on any atom is 0.305 e. The zero-order chi connectivity index (χ0) is 22.9. The van der Waals surface area contributed by atoms with Crippen molar-refractivity contribution in [2.75, 3.05) is 0 Å². The summed E-state index contributed by atoms with van der Waals surface area (Å²) >= 11 is 5.71. The molecule has 0 fully saturated rings. The Morgan fingerprint density at radius 3 is 2.55 bits per heavy atom. The molecule has 31 heavy (non-hydrogen) atoms. The lowest BCUT2D eigenvalue weighted by atomic mass is 10.1. The van der Waals surface area contributed by atoms with Crippen molar-refractivity contribution < 1.29 is 29.0 Å². The number of aromatic hydroxyl groups is 1. The van der Waals surface area contributed by atoms with Gasteiger partial charge in [0.1, 0.15) is 11.6 Å². The van der Waals surface area contributed by atoms with E-state index in [2.05, 4.69) is 5.32 Å². The number of halogens is 2. The first kappa shape index (κ1) is 22.3. The normalized spacial score (nSPS) is 12.0. The molecular weight excluding hydrogens is 427 g/mol. The lowest BCUT2D eigenvalue weighted by Crippen LogP contribution is -2.35. The molecule has 1 unspecified atom stereocenters. The van der Waals surface area contributed by atoms with Crippen molar-refractivity contribution in [3.63, 3.8) is 0 Å². The van der Waals surface area contributed by atoms with Gasteiger partial charge in [-0.05, 0) is 55.8 Å². The van der Waals surface area contributed by atoms with Crippen molar-refractivity contribution in [1.82, 2.24) is 9.88 Å². The predicted octanol–water partition coefficient (Wildman–Crippen LogP) is 3.66. The molecule has 3 rings (SSSR count). The predicted molar refractivity (Wildman–Crippen MR) is 113 cm³/mol. The zero-order valence-corrected chi connectivity index (χ0v) is 17.5. The number of nitrogens with zero attached hydrogens (tertiary/aromatic N) is 1. The van der Waals surface area contributed by atoms with E-state index < -0.39 is 29.6 Å². The van der Waals surface area contributed by atoms with Crippen molar-refractivity contribution in [3.8, 4) is 5.75 Å². The summed E-state index contributed by atoms with van der Waals surface area (Å²) in [4.78, 5) is 36.5. The molecule has 162 valence electrons. The van der Waals surface area contributed by atoms with Crippen LogP contribution in [0.3, 0.4) is 0 Å². The molecule has 0 aliphatic carbocycles. The molecule has 0 aliphatic heterocycles. The molecule has 2 aromatic carbocycles. The number of benzene rings is 2. The average Bonchev–Trinajstić information content (AvgIpc) is 2.93. The number of carbonyl (C=O) groups is 3. The second-order valence-electron chi connectivity index (χ2n) is 7.28. The Labute approximate surface area is 182 Å². The first-order chi connectivity index (χ1) is 14.6. The van der Waals surface area contributed by atoms with Crippen molar-refractivity contribution >= 4 is 40.3 Å². The number of hydrogen-bond acceptors (Lipinski definition) is 4. The molecule has 0 saturated heterocycles. The first-order valence-electron chi connectivity index (χ1n) is 9.42. The lowest BCUT2D eigenvalue weighted by molar-refractivity contribution is -0.137. The van der Waals surface area contributed by atoms with Crippen molar-refractivity contribution in [1.29, 1.82) is 0 Å². The number of aromatic nitrogens is 1. The summed E-state index contributed by atoms with van der Waals surface area (Å²) < 4.78 is 15.2. The van der Waals surface area contributed by atoms with Gasteiger partial charge in [0, 0.05) is 22.7 Å². The Morgan fingerprint density at radius 2 is 1.90 bits per heavy atom. The molecule has 0 radical (unpaired) electrons. The van der Waals surface area contributed by atoms with Gasteiger partial charge in [0.2, 0.25) is 5.91 Å². The number of phenolic OH excluding ortho intramolecular Hbond substituents is 1. The van der Waals surface area contributed by atoms with Crippen LogP contribution < -0.4 is 5.32 Å². The van der Waals surface area contributed by atoms with E-state index in [0.717, 1.165) is 6.07 Å². The number of fused-ring (bicyclic) bond motifs is 1. The van der Waals surface area contributed by atoms with Crippen LogP contribution >= 0.6 is 11.6 Å². The summed E-state index contributed by atoms with van der Waals surface area (Å²) in [7, 11) is 0. The summed E-state index contributed by atoms with van der Waals surface area (Å²) in [5.41, 5.74) is 1.45. The number of carboxylic acid groups (broad SMARTS) is 1. The highest BCUT2D eigenvalue weighted by molar-refractivity contribution is 6.30. The van der Waals surface area contributed by atoms with E-state index in [-0.39, 0.29) is 29.2 Å². The van der Waals surface area contributed by atoms with Crippen LogP contribution in [0.1, 0.15) is 35.0 Å². The second kappa shape index (κ2) is 8.77. The minimum Gasteiger partial charge on any atom is -0.508 e. The van der Waals surface area contributed by atoms with Crippen LogP contribution in [0.5, 0.6) is 5.75 Å². The maximum absolute atomic E-state index is 13.9. The Kier molecular flexibility index (Phi) is 6.31. The molecule has 7 nitrogen and oxygen atoms in total. The van der Waals surface area contributed by atoms with Gasteiger partial charge in [-0.15, -0.1) is 0 Å². The summed E-state index contributed by atoms with van der Waals surface area (Å²) in [6.45, 7) is 3.22. The molecule has 0 bridgehead atoms. The fraction of sp³-hybridized carbons (Fsp3) is 0.227. The van der Waals surface area contributed by atoms with Crippen LogP contribution in [0, 0.1) is 12.7 Å². The van der Waals surface area contributed by atoms with Gasteiger partial charge in [0.15, 0.2) is 0 Å². The Bertz CT molecular complexity index is 1200. The second-order valence-corrected chi connectivity index (χ2v) is 7.69. The minimum absolute atomic E-state index is 0.0458. The van der Waals surface area contributed by atoms with Crippen LogP contribution in [0.25, 0.3) is 10.9 Å². The fourth-order valence-corrected chi connectivity index (χ4v) is 3.63. The number of hydrogen-bond donors (Lipinski definition) is 3. The molecule has 3 N–H and O–H groups in total. The van der Waals surface area contributed by atoms with Gasteiger partial charge in [-0.25, -0.2) is 4.39 Å². The summed E-state index contributed by atoms with van der Waals surface area (Å²) in [5.74, 6) is -2.76. The minimum atomic E-state index is -1.04. The van der Waals surface area contributed by atoms with Gasteiger partial charge in [-0.3, -0.25) is 19.0 Å². The fourth-order valence-electron chi connectivity index (χ4n) is 3.51. The quantitative estimate of drug-likeness (QED) is 0.535. The molecule has 3 aromatic rings. The van der Waals surface area contributed by atoms with Gasteiger partial charge in [-0.2, -0.15) is 0 Å². The smallest absolute Gasteiger partial charge is 0.305 e. The molecule has 1 atom stereocenters. The molecule has 0 spiro atoms. The van der Waals surface area contributed by atoms with E-state index in [9.17, 15) is 23.9 Å². The number of phenols is 1. The van der Waals surface area contributed by atoms with Gasteiger partial charge < -0.3 is 15.5 Å². The van der Waals surface area contributed by atoms with Gasteiger partial charge in [0.05, 0.1) is 23.4 Å². The average molecular weight is 447 g/mol. The molecule has 0 aliphatic rings. The standard InChI is InChI=1S/C22H20ClFN2O5/c1-11(7-21(29)30)25-20(28)10-15-12(2)26(19-6-4-14(27)9-16(15)19)22(31)13-3-5-17(23)18(24)8-13/h3-6,8-9,11,27H,7,10H2,1-2H3,(H,25,28)(H,29,30). The highest BCUT2D eigenvalue weighted by atomic mass is 35.5. The molecule has 1 aromatic heterocycles. The van der Waals surface area contributed by atoms with Crippen LogP contribution in [0.2, 0.25) is 5.02 Å². The zero-order valence-electron chi connectivity index (χ0n) is 16.8. The maximum atomic E-state index is 13.9. The van der Waals surface area contributed by atoms with Crippen LogP contribution in [0.4, 0.5) is 4.39 Å². The molecule has 1 amide bonds. The number of rotatable bonds is 6. The molecule has 0 saturated carbocycles. The topological polar surface area (TPSA) is 109 Å². The van der Waals surface area contributed by atoms with Gasteiger partial charge >= 0.3 is 5.97 Å². The number of amides is 1. The number of carbonyl (C=O) groups excluding carboxylic acids is 2. The van der Waals surface area contributed by atoms with E-state index in [1.54, 1.807) is 13.8 Å². The summed E-state index contributed by atoms with van der Waals surface area (Å²) in [6, 6.07) is 7.54. The number of aliphatic carboxylic acids is 1. The van der Waals surface area contributed by atoms with E-state index in [1.807, 2.05) is 0 Å². The Balaban J connectivity index is 2.03. The van der Waals surface area contributed by atoms with Crippen molar-refractivity contribution in [3.05, 3.63) is 64.1 Å². The highest BCUT2D eigenvalue weighted by Gasteiger charge is 2.23. The highest BCUT2D eigenvalue weighted by Crippen LogP contribution is 2.30. The largest absolute Gasteiger partial charge is 0.508 e. The van der Waals surface area contributed by atoms with Crippen molar-refractivity contribution in [2.45, 2.75) is 32.7 Å². The SMILES string of the molecule is Cc1c(CC(=O)NC(C)CC(=O)O)c2cc(O)ccc2n1C(=O)c1ccc(Cl)c(F)c1. The third kappa shape index (κ3) is 4.69. The molecular formula is C22H20ClFN2O5. The van der Waals surface area contributed by atoms with Gasteiger partial charge in [0.25, 0.3) is 5.91 Å². The summed E-state index contributed by atoms with van der Waals surface area (Å²) in [6.07, 6.45) is -0.362. The third-order valence-corrected chi connectivity index (χ3v) is 5.22. The first-order valence-corrected chi connectivity index (χ1v) is 9.80.